The van der Waals surface area contributed by atoms with Gasteiger partial charge < -0.3 is 15.1 Å². The minimum Gasteiger partial charge on any atom is -0.466 e. The minimum atomic E-state index is 0.189. The van der Waals surface area contributed by atoms with Gasteiger partial charge in [-0.25, -0.2) is 0 Å². The van der Waals surface area contributed by atoms with Crippen molar-refractivity contribution in [3.8, 4) is 0 Å². The van der Waals surface area contributed by atoms with Gasteiger partial charge in [-0.3, -0.25) is 4.79 Å². The number of nitrogens with one attached hydrogen (secondary N) is 2. The van der Waals surface area contributed by atoms with Crippen LogP contribution in [0, 0.1) is 12.8 Å². The van der Waals surface area contributed by atoms with Gasteiger partial charge >= 0.3 is 0 Å². The predicted molar refractivity (Wildman–Crippen MR) is 65.8 cm³/mol. The number of piperidine rings is 1. The molecule has 0 radical (unpaired) electrons. The first-order valence-corrected chi connectivity index (χ1v) is 6.29. The van der Waals surface area contributed by atoms with Crippen LogP contribution in [0.5, 0.6) is 0 Å². The molecule has 17 heavy (non-hydrogen) atoms. The lowest BCUT2D eigenvalue weighted by Gasteiger charge is -2.21. The molecule has 1 aliphatic heterocycles. The summed E-state index contributed by atoms with van der Waals surface area (Å²) >= 11 is 0. The van der Waals surface area contributed by atoms with Gasteiger partial charge in [0, 0.05) is 18.9 Å². The predicted octanol–water partition coefficient (Wildman–Crippen LogP) is 1.25. The highest BCUT2D eigenvalue weighted by Gasteiger charge is 2.20. The van der Waals surface area contributed by atoms with Crippen LogP contribution in [0.4, 0.5) is 0 Å². The summed E-state index contributed by atoms with van der Waals surface area (Å²) in [6, 6.07) is 3.91. The Morgan fingerprint density at radius 2 is 2.24 bits per heavy atom. The summed E-state index contributed by atoms with van der Waals surface area (Å²) in [5.74, 6) is 2.24. The molecule has 4 nitrogen and oxygen atoms in total. The molecule has 0 aliphatic carbocycles. The van der Waals surface area contributed by atoms with Gasteiger partial charge in [-0.05, 0) is 45.0 Å². The Labute approximate surface area is 102 Å². The molecule has 1 aliphatic rings. The van der Waals surface area contributed by atoms with E-state index in [1.165, 1.54) is 0 Å². The van der Waals surface area contributed by atoms with Crippen molar-refractivity contribution >= 4 is 5.91 Å². The first kappa shape index (κ1) is 12.2. The largest absolute Gasteiger partial charge is 0.466 e. The number of hydrogen-bond donors (Lipinski definition) is 2. The molecule has 0 atom stereocenters. The number of carbonyl (C=O) groups is 1. The van der Waals surface area contributed by atoms with E-state index in [-0.39, 0.29) is 11.8 Å². The molecule has 1 fully saturated rings. The summed E-state index contributed by atoms with van der Waals surface area (Å²) < 4.78 is 5.45. The summed E-state index contributed by atoms with van der Waals surface area (Å²) in [7, 11) is 0. The van der Waals surface area contributed by atoms with Crippen LogP contribution in [-0.2, 0) is 11.2 Å². The maximum absolute atomic E-state index is 11.8. The molecule has 4 heteroatoms. The highest BCUT2D eigenvalue weighted by Crippen LogP contribution is 2.11. The number of rotatable bonds is 4. The highest BCUT2D eigenvalue weighted by molar-refractivity contribution is 5.78. The molecule has 1 amide bonds. The maximum Gasteiger partial charge on any atom is 0.223 e. The van der Waals surface area contributed by atoms with E-state index >= 15 is 0 Å². The van der Waals surface area contributed by atoms with Gasteiger partial charge in [-0.15, -0.1) is 0 Å². The zero-order valence-electron chi connectivity index (χ0n) is 10.3. The number of carbonyl (C=O) groups excluding carboxylic acids is 1. The van der Waals surface area contributed by atoms with Crippen LogP contribution in [0.1, 0.15) is 24.4 Å². The standard InChI is InChI=1S/C13H20N2O2/c1-10-2-3-12(17-10)6-9-15-13(16)11-4-7-14-8-5-11/h2-3,11,14H,4-9H2,1H3,(H,15,16). The van der Waals surface area contributed by atoms with Gasteiger partial charge in [0.2, 0.25) is 5.91 Å². The lowest BCUT2D eigenvalue weighted by molar-refractivity contribution is -0.125. The third-order valence-corrected chi connectivity index (χ3v) is 3.18. The van der Waals surface area contributed by atoms with Crippen molar-refractivity contribution in [3.63, 3.8) is 0 Å². The van der Waals surface area contributed by atoms with E-state index in [1.54, 1.807) is 0 Å². The fourth-order valence-electron chi connectivity index (χ4n) is 2.16. The number of furan rings is 1. The molecule has 0 spiro atoms. The molecule has 0 bridgehead atoms. The van der Waals surface area contributed by atoms with Crippen LogP contribution in [0.15, 0.2) is 16.5 Å². The molecule has 2 heterocycles. The van der Waals surface area contributed by atoms with Gasteiger partial charge in [-0.1, -0.05) is 0 Å². The molecule has 1 aromatic rings. The molecule has 1 saturated heterocycles. The quantitative estimate of drug-likeness (QED) is 0.827. The fourth-order valence-corrected chi connectivity index (χ4v) is 2.16. The van der Waals surface area contributed by atoms with Crippen molar-refractivity contribution < 1.29 is 9.21 Å². The Morgan fingerprint density at radius 1 is 1.47 bits per heavy atom. The van der Waals surface area contributed by atoms with Crippen molar-refractivity contribution in [1.29, 1.82) is 0 Å². The zero-order valence-corrected chi connectivity index (χ0v) is 10.3. The molecular formula is C13H20N2O2. The molecule has 0 unspecified atom stereocenters. The highest BCUT2D eigenvalue weighted by atomic mass is 16.3. The van der Waals surface area contributed by atoms with Crippen LogP contribution >= 0.6 is 0 Å². The summed E-state index contributed by atoms with van der Waals surface area (Å²) in [6.45, 7) is 4.50. The third kappa shape index (κ3) is 3.60. The van der Waals surface area contributed by atoms with Crippen molar-refractivity contribution in [2.45, 2.75) is 26.2 Å². The van der Waals surface area contributed by atoms with E-state index in [4.69, 9.17) is 4.42 Å². The van der Waals surface area contributed by atoms with E-state index in [0.717, 1.165) is 43.9 Å². The van der Waals surface area contributed by atoms with Crippen LogP contribution < -0.4 is 10.6 Å². The lowest BCUT2D eigenvalue weighted by Crippen LogP contribution is -2.38. The maximum atomic E-state index is 11.8. The molecule has 94 valence electrons. The first-order chi connectivity index (χ1) is 8.25. The number of amides is 1. The Hall–Kier alpha value is -1.29. The number of aryl methyl sites for hydroxylation is 1. The summed E-state index contributed by atoms with van der Waals surface area (Å²) in [5, 5.41) is 6.24. The van der Waals surface area contributed by atoms with Gasteiger partial charge in [0.15, 0.2) is 0 Å². The Kier molecular flexibility index (Phi) is 4.20. The molecule has 0 saturated carbocycles. The molecule has 0 aromatic carbocycles. The van der Waals surface area contributed by atoms with E-state index < -0.39 is 0 Å². The lowest BCUT2D eigenvalue weighted by atomic mass is 9.97. The van der Waals surface area contributed by atoms with Gasteiger partial charge in [0.25, 0.3) is 0 Å². The van der Waals surface area contributed by atoms with Crippen LogP contribution in [0.3, 0.4) is 0 Å². The van der Waals surface area contributed by atoms with Gasteiger partial charge in [0.1, 0.15) is 11.5 Å². The van der Waals surface area contributed by atoms with Crippen molar-refractivity contribution in [2.75, 3.05) is 19.6 Å². The monoisotopic (exact) mass is 236 g/mol. The first-order valence-electron chi connectivity index (χ1n) is 6.29. The smallest absolute Gasteiger partial charge is 0.223 e. The second-order valence-electron chi connectivity index (χ2n) is 4.58. The van der Waals surface area contributed by atoms with Crippen molar-refractivity contribution in [1.82, 2.24) is 10.6 Å². The van der Waals surface area contributed by atoms with E-state index in [2.05, 4.69) is 10.6 Å². The van der Waals surface area contributed by atoms with Gasteiger partial charge in [-0.2, -0.15) is 0 Å². The van der Waals surface area contributed by atoms with Crippen LogP contribution in [0.2, 0.25) is 0 Å². The summed E-state index contributed by atoms with van der Waals surface area (Å²) in [6.07, 6.45) is 2.67. The third-order valence-electron chi connectivity index (χ3n) is 3.18. The zero-order chi connectivity index (χ0) is 12.1. The Balaban J connectivity index is 1.69. The normalized spacial score (nSPS) is 17.0. The van der Waals surface area contributed by atoms with Crippen LogP contribution in [0.25, 0.3) is 0 Å². The van der Waals surface area contributed by atoms with Crippen LogP contribution in [-0.4, -0.2) is 25.5 Å². The molecular weight excluding hydrogens is 216 g/mol. The molecule has 2 rings (SSSR count). The summed E-state index contributed by atoms with van der Waals surface area (Å²) in [4.78, 5) is 11.8. The topological polar surface area (TPSA) is 54.3 Å². The minimum absolute atomic E-state index is 0.189. The number of hydrogen-bond acceptors (Lipinski definition) is 3. The average Bonchev–Trinajstić information content (AvgIpc) is 2.76. The van der Waals surface area contributed by atoms with E-state index in [9.17, 15) is 4.79 Å². The van der Waals surface area contributed by atoms with Gasteiger partial charge in [0.05, 0.1) is 0 Å². The van der Waals surface area contributed by atoms with Crippen molar-refractivity contribution in [3.05, 3.63) is 23.7 Å². The molecule has 2 N–H and O–H groups in total. The SMILES string of the molecule is Cc1ccc(CCNC(=O)C2CCNCC2)o1. The Morgan fingerprint density at radius 3 is 2.88 bits per heavy atom. The summed E-state index contributed by atoms with van der Waals surface area (Å²) in [5.41, 5.74) is 0. The molecule has 1 aromatic heterocycles. The Bertz CT molecular complexity index is 367. The second-order valence-corrected chi connectivity index (χ2v) is 4.58. The average molecular weight is 236 g/mol. The second kappa shape index (κ2) is 5.87. The van der Waals surface area contributed by atoms with E-state index in [0.29, 0.717) is 6.54 Å². The van der Waals surface area contributed by atoms with Crippen molar-refractivity contribution in [2.24, 2.45) is 5.92 Å². The fraction of sp³-hybridized carbons (Fsp3) is 0.615. The van der Waals surface area contributed by atoms with E-state index in [1.807, 2.05) is 19.1 Å².